The van der Waals surface area contributed by atoms with Crippen molar-refractivity contribution in [2.45, 2.75) is 18.7 Å². The number of anilines is 1. The zero-order valence-electron chi connectivity index (χ0n) is 18.6. The Hall–Kier alpha value is -2.89. The second-order valence-electron chi connectivity index (χ2n) is 7.54. The highest BCUT2D eigenvalue weighted by Crippen LogP contribution is 2.33. The summed E-state index contributed by atoms with van der Waals surface area (Å²) >= 11 is 3.30. The van der Waals surface area contributed by atoms with Crippen LogP contribution in [0.2, 0.25) is 0 Å². The minimum atomic E-state index is -4.29. The van der Waals surface area contributed by atoms with Gasteiger partial charge in [-0.2, -0.15) is 4.31 Å². The smallest absolute Gasteiger partial charge is 0.342 e. The fraction of sp³-hybridized carbons (Fsp3) is 0.304. The van der Waals surface area contributed by atoms with Crippen molar-refractivity contribution in [1.82, 2.24) is 4.90 Å². The van der Waals surface area contributed by atoms with E-state index in [1.54, 1.807) is 26.0 Å². The van der Waals surface area contributed by atoms with Crippen molar-refractivity contribution in [3.63, 3.8) is 0 Å². The van der Waals surface area contributed by atoms with Crippen LogP contribution in [0.15, 0.2) is 56.2 Å². The van der Waals surface area contributed by atoms with E-state index in [1.807, 2.05) is 0 Å². The van der Waals surface area contributed by atoms with E-state index >= 15 is 0 Å². The standard InChI is InChI=1S/C23H23BrN2O7S/c1-3-32-22(27)21-15(2)33-20-9-6-17(14-19(20)21)26(23(28)25-10-12-31-13-11-25)34(29,30)18-7-4-16(24)5-8-18/h4-9,14H,3,10-13H2,1-2H3. The van der Waals surface area contributed by atoms with Gasteiger partial charge in [0.15, 0.2) is 0 Å². The van der Waals surface area contributed by atoms with Gasteiger partial charge >= 0.3 is 12.0 Å². The van der Waals surface area contributed by atoms with Crippen molar-refractivity contribution in [1.29, 1.82) is 0 Å². The van der Waals surface area contributed by atoms with Gasteiger partial charge in [0.2, 0.25) is 0 Å². The zero-order chi connectivity index (χ0) is 24.5. The van der Waals surface area contributed by atoms with Gasteiger partial charge in [-0.3, -0.25) is 0 Å². The molecule has 11 heteroatoms. The number of hydrogen-bond donors (Lipinski definition) is 0. The summed E-state index contributed by atoms with van der Waals surface area (Å²) < 4.78 is 45.0. The molecule has 34 heavy (non-hydrogen) atoms. The van der Waals surface area contributed by atoms with Crippen molar-refractivity contribution in [2.24, 2.45) is 0 Å². The molecule has 2 aromatic carbocycles. The lowest BCUT2D eigenvalue weighted by molar-refractivity contribution is 0.0526. The molecule has 1 saturated heterocycles. The zero-order valence-corrected chi connectivity index (χ0v) is 21.0. The largest absolute Gasteiger partial charge is 0.462 e. The fourth-order valence-electron chi connectivity index (χ4n) is 3.74. The van der Waals surface area contributed by atoms with E-state index in [4.69, 9.17) is 13.9 Å². The number of carbonyl (C=O) groups is 2. The molecule has 0 spiro atoms. The van der Waals surface area contributed by atoms with E-state index in [2.05, 4.69) is 15.9 Å². The van der Waals surface area contributed by atoms with E-state index in [1.165, 1.54) is 35.2 Å². The van der Waals surface area contributed by atoms with Crippen LogP contribution in [-0.2, 0) is 19.5 Å². The molecule has 0 bridgehead atoms. The predicted molar refractivity (Wildman–Crippen MR) is 129 cm³/mol. The Labute approximate surface area is 205 Å². The summed E-state index contributed by atoms with van der Waals surface area (Å²) in [5, 5.41) is 0.360. The lowest BCUT2D eigenvalue weighted by Crippen LogP contribution is -2.50. The Morgan fingerprint density at radius 2 is 1.79 bits per heavy atom. The maximum atomic E-state index is 13.7. The minimum absolute atomic E-state index is 0.0496. The Balaban J connectivity index is 1.87. The average molecular weight is 551 g/mol. The van der Waals surface area contributed by atoms with Crippen LogP contribution in [0, 0.1) is 6.92 Å². The molecule has 1 aliphatic heterocycles. The topological polar surface area (TPSA) is 106 Å². The third-order valence-electron chi connectivity index (χ3n) is 5.37. The number of fused-ring (bicyclic) bond motifs is 1. The molecule has 0 aliphatic carbocycles. The third-order valence-corrected chi connectivity index (χ3v) is 7.61. The fourth-order valence-corrected chi connectivity index (χ4v) is 5.41. The number of hydrogen-bond acceptors (Lipinski definition) is 7. The highest BCUT2D eigenvalue weighted by molar-refractivity contribution is 9.10. The summed E-state index contributed by atoms with van der Waals surface area (Å²) in [7, 11) is -4.29. The molecule has 1 aliphatic rings. The van der Waals surface area contributed by atoms with Crippen LogP contribution < -0.4 is 4.31 Å². The number of rotatable bonds is 5. The van der Waals surface area contributed by atoms with Gasteiger partial charge in [0.1, 0.15) is 16.9 Å². The molecule has 0 N–H and O–H groups in total. The normalized spacial score (nSPS) is 14.3. The molecule has 3 aromatic rings. The number of aryl methyl sites for hydroxylation is 1. The summed E-state index contributed by atoms with van der Waals surface area (Å²) in [6, 6.07) is 9.80. The monoisotopic (exact) mass is 550 g/mol. The maximum absolute atomic E-state index is 13.7. The summed E-state index contributed by atoms with van der Waals surface area (Å²) in [6.45, 7) is 4.62. The number of esters is 1. The number of urea groups is 1. The van der Waals surface area contributed by atoms with Gasteiger partial charge in [-0.15, -0.1) is 0 Å². The molecule has 2 heterocycles. The molecule has 0 saturated carbocycles. The highest BCUT2D eigenvalue weighted by Gasteiger charge is 2.35. The van der Waals surface area contributed by atoms with Crippen LogP contribution in [0.3, 0.4) is 0 Å². The first-order valence-corrected chi connectivity index (χ1v) is 12.8. The number of furan rings is 1. The van der Waals surface area contributed by atoms with Gasteiger partial charge in [-0.25, -0.2) is 18.0 Å². The molecular formula is C23H23BrN2O7S. The number of ether oxygens (including phenoxy) is 2. The number of morpholine rings is 1. The molecule has 1 fully saturated rings. The van der Waals surface area contributed by atoms with Crippen LogP contribution in [0.4, 0.5) is 10.5 Å². The molecule has 9 nitrogen and oxygen atoms in total. The summed E-state index contributed by atoms with van der Waals surface area (Å²) in [4.78, 5) is 27.5. The second kappa shape index (κ2) is 9.77. The summed E-state index contributed by atoms with van der Waals surface area (Å²) in [5.41, 5.74) is 0.654. The molecular weight excluding hydrogens is 528 g/mol. The van der Waals surface area contributed by atoms with E-state index < -0.39 is 22.0 Å². The number of halogens is 1. The number of nitrogens with zero attached hydrogens (tertiary/aromatic N) is 2. The molecule has 0 unspecified atom stereocenters. The van der Waals surface area contributed by atoms with Crippen molar-refractivity contribution in [2.75, 3.05) is 37.2 Å². The van der Waals surface area contributed by atoms with Gasteiger partial charge < -0.3 is 18.8 Å². The molecule has 1 aromatic heterocycles. The van der Waals surface area contributed by atoms with Crippen LogP contribution >= 0.6 is 15.9 Å². The predicted octanol–water partition coefficient (Wildman–Crippen LogP) is 4.33. The van der Waals surface area contributed by atoms with Crippen molar-refractivity contribution in [3.05, 3.63) is 58.3 Å². The molecule has 2 amide bonds. The summed E-state index contributed by atoms with van der Waals surface area (Å²) in [5.74, 6) is -0.245. The first-order chi connectivity index (χ1) is 16.2. The molecule has 0 radical (unpaired) electrons. The number of carbonyl (C=O) groups excluding carboxylic acids is 2. The van der Waals surface area contributed by atoms with Crippen molar-refractivity contribution >= 4 is 54.6 Å². The molecule has 180 valence electrons. The lowest BCUT2D eigenvalue weighted by Gasteiger charge is -2.32. The summed E-state index contributed by atoms with van der Waals surface area (Å²) in [6.07, 6.45) is 0. The number of amides is 2. The van der Waals surface area contributed by atoms with Gasteiger partial charge in [-0.05, 0) is 56.3 Å². The maximum Gasteiger partial charge on any atom is 0.342 e. The Morgan fingerprint density at radius 1 is 1.12 bits per heavy atom. The Morgan fingerprint density at radius 3 is 2.44 bits per heavy atom. The van der Waals surface area contributed by atoms with E-state index in [-0.39, 0.29) is 35.8 Å². The third kappa shape index (κ3) is 4.55. The Bertz CT molecular complexity index is 1330. The molecule has 0 atom stereocenters. The number of sulfonamides is 1. The van der Waals surface area contributed by atoms with E-state index in [9.17, 15) is 18.0 Å². The second-order valence-corrected chi connectivity index (χ2v) is 10.2. The van der Waals surface area contributed by atoms with Gasteiger partial charge in [-0.1, -0.05) is 15.9 Å². The van der Waals surface area contributed by atoms with Gasteiger partial charge in [0.25, 0.3) is 10.0 Å². The van der Waals surface area contributed by atoms with Crippen LogP contribution in [0.1, 0.15) is 23.0 Å². The minimum Gasteiger partial charge on any atom is -0.462 e. The van der Waals surface area contributed by atoms with Gasteiger partial charge in [0.05, 0.1) is 30.4 Å². The lowest BCUT2D eigenvalue weighted by atomic mass is 10.1. The van der Waals surface area contributed by atoms with Gasteiger partial charge in [0, 0.05) is 22.9 Å². The molecule has 4 rings (SSSR count). The number of benzene rings is 2. The SMILES string of the molecule is CCOC(=O)c1c(C)oc2ccc(N(C(=O)N3CCOCC3)S(=O)(=O)c3ccc(Br)cc3)cc12. The van der Waals surface area contributed by atoms with Crippen LogP contribution in [-0.4, -0.2) is 58.2 Å². The van der Waals surface area contributed by atoms with E-state index in [0.717, 1.165) is 4.31 Å². The Kier molecular flexibility index (Phi) is 6.96. The average Bonchev–Trinajstić information content (AvgIpc) is 3.15. The highest BCUT2D eigenvalue weighted by atomic mass is 79.9. The van der Waals surface area contributed by atoms with Crippen LogP contribution in [0.25, 0.3) is 11.0 Å². The van der Waals surface area contributed by atoms with E-state index in [0.29, 0.717) is 34.4 Å². The quantitative estimate of drug-likeness (QED) is 0.435. The first-order valence-electron chi connectivity index (χ1n) is 10.6. The van der Waals surface area contributed by atoms with Crippen LogP contribution in [0.5, 0.6) is 0 Å². The van der Waals surface area contributed by atoms with Crippen molar-refractivity contribution < 1.29 is 31.9 Å². The first kappa shape index (κ1) is 24.2. The van der Waals surface area contributed by atoms with Crippen molar-refractivity contribution in [3.8, 4) is 0 Å².